The molecule has 1 aromatic carbocycles. The Morgan fingerprint density at radius 2 is 1.84 bits per heavy atom. The highest BCUT2D eigenvalue weighted by Crippen LogP contribution is 2.18. The highest BCUT2D eigenvalue weighted by Gasteiger charge is 2.22. The molecule has 0 aliphatic rings. The van der Waals surface area contributed by atoms with Crippen LogP contribution >= 0.6 is 0 Å². The number of hydrogen-bond donors (Lipinski definition) is 1. The second-order valence-electron chi connectivity index (χ2n) is 4.58. The maximum absolute atomic E-state index is 13.7. The SMILES string of the molecule is CCCC(OCC)C(Cc1c(F)cccc1F)NC. The summed E-state index contributed by atoms with van der Waals surface area (Å²) in [5.41, 5.74) is 0.127. The minimum Gasteiger partial charge on any atom is -0.377 e. The van der Waals surface area contributed by atoms with Gasteiger partial charge in [0.2, 0.25) is 0 Å². The van der Waals surface area contributed by atoms with Crippen molar-refractivity contribution >= 4 is 0 Å². The number of hydrogen-bond acceptors (Lipinski definition) is 2. The summed E-state index contributed by atoms with van der Waals surface area (Å²) in [7, 11) is 1.80. The minimum absolute atomic E-state index is 0.0287. The Kier molecular flexibility index (Phi) is 6.95. The van der Waals surface area contributed by atoms with Gasteiger partial charge in [-0.25, -0.2) is 8.78 Å². The number of rotatable bonds is 8. The molecule has 0 spiro atoms. The molecule has 0 saturated heterocycles. The number of benzene rings is 1. The summed E-state index contributed by atoms with van der Waals surface area (Å²) in [6, 6.07) is 3.88. The van der Waals surface area contributed by atoms with E-state index in [2.05, 4.69) is 12.2 Å². The molecule has 2 atom stereocenters. The fourth-order valence-electron chi connectivity index (χ4n) is 2.27. The molecule has 0 saturated carbocycles. The molecule has 0 aromatic heterocycles. The third kappa shape index (κ3) is 4.55. The van der Waals surface area contributed by atoms with E-state index in [1.165, 1.54) is 18.2 Å². The summed E-state index contributed by atoms with van der Waals surface area (Å²) in [5.74, 6) is -0.987. The molecule has 0 amide bonds. The van der Waals surface area contributed by atoms with Crippen LogP contribution in [0.25, 0.3) is 0 Å². The zero-order valence-electron chi connectivity index (χ0n) is 11.9. The summed E-state index contributed by atoms with van der Waals surface area (Å²) in [5, 5.41) is 3.12. The van der Waals surface area contributed by atoms with E-state index in [1.54, 1.807) is 7.05 Å². The standard InChI is InChI=1S/C15H23F2NO/c1-4-7-15(19-5-2)14(18-3)10-11-12(16)8-6-9-13(11)17/h6,8-9,14-15,18H,4-5,7,10H2,1-3H3. The first-order valence-corrected chi connectivity index (χ1v) is 6.85. The van der Waals surface area contributed by atoms with Gasteiger partial charge in [-0.2, -0.15) is 0 Å². The molecule has 2 nitrogen and oxygen atoms in total. The van der Waals surface area contributed by atoms with Crippen molar-refractivity contribution in [3.8, 4) is 0 Å². The molecular weight excluding hydrogens is 248 g/mol. The molecule has 0 aliphatic carbocycles. The van der Waals surface area contributed by atoms with Crippen LogP contribution < -0.4 is 5.32 Å². The van der Waals surface area contributed by atoms with Gasteiger partial charge in [-0.05, 0) is 38.9 Å². The lowest BCUT2D eigenvalue weighted by molar-refractivity contribution is 0.0297. The van der Waals surface area contributed by atoms with Crippen molar-refractivity contribution in [3.63, 3.8) is 0 Å². The summed E-state index contributed by atoms with van der Waals surface area (Å²) in [4.78, 5) is 0. The lowest BCUT2D eigenvalue weighted by Gasteiger charge is -2.27. The second kappa shape index (κ2) is 8.23. The monoisotopic (exact) mass is 271 g/mol. The van der Waals surface area contributed by atoms with E-state index >= 15 is 0 Å². The molecule has 19 heavy (non-hydrogen) atoms. The predicted octanol–water partition coefficient (Wildman–Crippen LogP) is 3.30. The molecule has 2 unspecified atom stereocenters. The predicted molar refractivity (Wildman–Crippen MR) is 73.2 cm³/mol. The summed E-state index contributed by atoms with van der Waals surface area (Å²) >= 11 is 0. The van der Waals surface area contributed by atoms with Crippen LogP contribution in [0.1, 0.15) is 32.3 Å². The van der Waals surface area contributed by atoms with Crippen LogP contribution in [0.3, 0.4) is 0 Å². The van der Waals surface area contributed by atoms with Gasteiger partial charge in [0.25, 0.3) is 0 Å². The minimum atomic E-state index is -0.494. The number of ether oxygens (including phenoxy) is 1. The zero-order valence-corrected chi connectivity index (χ0v) is 11.9. The Balaban J connectivity index is 2.85. The molecule has 1 rings (SSSR count). The van der Waals surface area contributed by atoms with Gasteiger partial charge in [-0.3, -0.25) is 0 Å². The van der Waals surface area contributed by atoms with E-state index in [-0.39, 0.29) is 17.7 Å². The van der Waals surface area contributed by atoms with Crippen molar-refractivity contribution in [2.45, 2.75) is 45.3 Å². The maximum atomic E-state index is 13.7. The van der Waals surface area contributed by atoms with Crippen LogP contribution in [0.15, 0.2) is 18.2 Å². The van der Waals surface area contributed by atoms with Crippen molar-refractivity contribution in [2.75, 3.05) is 13.7 Å². The van der Waals surface area contributed by atoms with Gasteiger partial charge in [-0.15, -0.1) is 0 Å². The van der Waals surface area contributed by atoms with E-state index in [9.17, 15) is 8.78 Å². The van der Waals surface area contributed by atoms with Crippen LogP contribution in [0.5, 0.6) is 0 Å². The zero-order chi connectivity index (χ0) is 14.3. The smallest absolute Gasteiger partial charge is 0.129 e. The third-order valence-electron chi connectivity index (χ3n) is 3.26. The Bertz CT molecular complexity index is 358. The first kappa shape index (κ1) is 16.1. The van der Waals surface area contributed by atoms with E-state index in [0.717, 1.165) is 12.8 Å². The average Bonchev–Trinajstić information content (AvgIpc) is 2.38. The molecule has 1 aromatic rings. The van der Waals surface area contributed by atoms with Crippen LogP contribution in [0.4, 0.5) is 8.78 Å². The fourth-order valence-corrected chi connectivity index (χ4v) is 2.27. The number of halogens is 2. The average molecular weight is 271 g/mol. The van der Waals surface area contributed by atoms with Gasteiger partial charge >= 0.3 is 0 Å². The number of nitrogens with one attached hydrogen (secondary N) is 1. The Labute approximate surface area is 114 Å². The van der Waals surface area contributed by atoms with Crippen LogP contribution in [-0.4, -0.2) is 25.8 Å². The van der Waals surface area contributed by atoms with Crippen molar-refractivity contribution < 1.29 is 13.5 Å². The topological polar surface area (TPSA) is 21.3 Å². The number of likely N-dealkylation sites (N-methyl/N-ethyl adjacent to an activating group) is 1. The first-order chi connectivity index (χ1) is 9.13. The van der Waals surface area contributed by atoms with Gasteiger partial charge in [0.15, 0.2) is 0 Å². The first-order valence-electron chi connectivity index (χ1n) is 6.85. The van der Waals surface area contributed by atoms with Gasteiger partial charge in [-0.1, -0.05) is 19.4 Å². The maximum Gasteiger partial charge on any atom is 0.129 e. The van der Waals surface area contributed by atoms with Crippen molar-refractivity contribution in [1.82, 2.24) is 5.32 Å². The highest BCUT2D eigenvalue weighted by molar-refractivity contribution is 5.21. The van der Waals surface area contributed by atoms with Crippen molar-refractivity contribution in [2.24, 2.45) is 0 Å². The molecule has 4 heteroatoms. The second-order valence-corrected chi connectivity index (χ2v) is 4.58. The third-order valence-corrected chi connectivity index (χ3v) is 3.26. The Morgan fingerprint density at radius 1 is 1.21 bits per heavy atom. The molecule has 1 N–H and O–H groups in total. The highest BCUT2D eigenvalue weighted by atomic mass is 19.1. The summed E-state index contributed by atoms with van der Waals surface area (Å²) < 4.78 is 33.0. The lowest BCUT2D eigenvalue weighted by atomic mass is 9.97. The van der Waals surface area contributed by atoms with Crippen LogP contribution in [-0.2, 0) is 11.2 Å². The molecule has 0 fully saturated rings. The van der Waals surface area contributed by atoms with E-state index < -0.39 is 11.6 Å². The van der Waals surface area contributed by atoms with E-state index in [1.807, 2.05) is 6.92 Å². The Morgan fingerprint density at radius 3 is 2.32 bits per heavy atom. The van der Waals surface area contributed by atoms with E-state index in [0.29, 0.717) is 13.0 Å². The van der Waals surface area contributed by atoms with Gasteiger partial charge in [0.1, 0.15) is 11.6 Å². The Hall–Kier alpha value is -1.00. The van der Waals surface area contributed by atoms with Crippen molar-refractivity contribution in [1.29, 1.82) is 0 Å². The summed E-state index contributed by atoms with van der Waals surface area (Å²) in [6.45, 7) is 4.60. The van der Waals surface area contributed by atoms with Gasteiger partial charge < -0.3 is 10.1 Å². The van der Waals surface area contributed by atoms with Crippen LogP contribution in [0.2, 0.25) is 0 Å². The molecule has 108 valence electrons. The van der Waals surface area contributed by atoms with Gasteiger partial charge in [0.05, 0.1) is 6.10 Å². The summed E-state index contributed by atoms with van der Waals surface area (Å²) in [6.07, 6.45) is 2.11. The van der Waals surface area contributed by atoms with E-state index in [4.69, 9.17) is 4.74 Å². The molecule has 0 aliphatic heterocycles. The molecular formula is C15H23F2NO. The largest absolute Gasteiger partial charge is 0.377 e. The van der Waals surface area contributed by atoms with Gasteiger partial charge in [0, 0.05) is 18.2 Å². The quantitative estimate of drug-likeness (QED) is 0.783. The molecule has 0 bridgehead atoms. The normalized spacial score (nSPS) is 14.4. The molecule has 0 heterocycles. The lowest BCUT2D eigenvalue weighted by Crippen LogP contribution is -2.41. The van der Waals surface area contributed by atoms with Crippen molar-refractivity contribution in [3.05, 3.63) is 35.4 Å². The van der Waals surface area contributed by atoms with Crippen LogP contribution in [0, 0.1) is 11.6 Å². The molecule has 0 radical (unpaired) electrons. The fraction of sp³-hybridized carbons (Fsp3) is 0.600.